The number of alkyl halides is 3. The standard InChI is InChI=1S/C16H21F3N2O3/c1-11-12(5-4-6-13(11)23-10-16(17,18)19)20-14(22)21-7-8-24-15(2,3)9-21/h4-6H,7-10H2,1-3H3,(H,20,22). The first-order chi connectivity index (χ1) is 11.1. The number of nitrogens with zero attached hydrogens (tertiary/aromatic N) is 1. The summed E-state index contributed by atoms with van der Waals surface area (Å²) in [5, 5.41) is 2.73. The van der Waals surface area contributed by atoms with Gasteiger partial charge in [0.25, 0.3) is 0 Å². The summed E-state index contributed by atoms with van der Waals surface area (Å²) in [6.07, 6.45) is -4.41. The number of hydrogen-bond donors (Lipinski definition) is 1. The zero-order chi connectivity index (χ0) is 18.0. The van der Waals surface area contributed by atoms with Crippen molar-refractivity contribution in [1.82, 2.24) is 4.90 Å². The van der Waals surface area contributed by atoms with Crippen LogP contribution in [-0.2, 0) is 4.74 Å². The summed E-state index contributed by atoms with van der Waals surface area (Å²) in [5.74, 6) is 0.0902. The van der Waals surface area contributed by atoms with Crippen LogP contribution >= 0.6 is 0 Å². The molecule has 0 aliphatic carbocycles. The summed E-state index contributed by atoms with van der Waals surface area (Å²) in [4.78, 5) is 14.0. The Labute approximate surface area is 138 Å². The van der Waals surface area contributed by atoms with Crippen LogP contribution in [0.2, 0.25) is 0 Å². The summed E-state index contributed by atoms with van der Waals surface area (Å²) in [7, 11) is 0. The Morgan fingerprint density at radius 2 is 2.12 bits per heavy atom. The van der Waals surface area contributed by atoms with Gasteiger partial charge in [-0.05, 0) is 32.9 Å². The molecule has 0 bridgehead atoms. The van der Waals surface area contributed by atoms with Crippen LogP contribution in [0.5, 0.6) is 5.75 Å². The average molecular weight is 346 g/mol. The van der Waals surface area contributed by atoms with Gasteiger partial charge >= 0.3 is 12.2 Å². The molecule has 1 aliphatic rings. The molecule has 0 unspecified atom stereocenters. The fraction of sp³-hybridized carbons (Fsp3) is 0.562. The van der Waals surface area contributed by atoms with Crippen molar-refractivity contribution in [2.24, 2.45) is 0 Å². The van der Waals surface area contributed by atoms with Gasteiger partial charge in [0.2, 0.25) is 0 Å². The van der Waals surface area contributed by atoms with Crippen LogP contribution in [0.25, 0.3) is 0 Å². The second kappa shape index (κ2) is 6.88. The SMILES string of the molecule is Cc1c(NC(=O)N2CCOC(C)(C)C2)cccc1OCC(F)(F)F. The van der Waals surface area contributed by atoms with E-state index >= 15 is 0 Å². The third kappa shape index (κ3) is 5.02. The predicted octanol–water partition coefficient (Wildman–Crippen LogP) is 3.58. The minimum absolute atomic E-state index is 0.0902. The number of carbonyl (C=O) groups excluding carboxylic acids is 1. The molecule has 5 nitrogen and oxygen atoms in total. The molecule has 0 aromatic heterocycles. The van der Waals surface area contributed by atoms with E-state index in [1.165, 1.54) is 12.1 Å². The second-order valence-corrected chi connectivity index (χ2v) is 6.29. The van der Waals surface area contributed by atoms with Gasteiger partial charge in [-0.3, -0.25) is 0 Å². The Morgan fingerprint density at radius 3 is 2.75 bits per heavy atom. The van der Waals surface area contributed by atoms with Crippen LogP contribution in [0, 0.1) is 6.92 Å². The molecule has 1 saturated heterocycles. The predicted molar refractivity (Wildman–Crippen MR) is 83.4 cm³/mol. The fourth-order valence-electron chi connectivity index (χ4n) is 2.45. The van der Waals surface area contributed by atoms with Crippen molar-refractivity contribution in [3.05, 3.63) is 23.8 Å². The van der Waals surface area contributed by atoms with E-state index in [9.17, 15) is 18.0 Å². The zero-order valence-electron chi connectivity index (χ0n) is 13.9. The number of halogens is 3. The van der Waals surface area contributed by atoms with E-state index in [0.29, 0.717) is 30.9 Å². The van der Waals surface area contributed by atoms with Gasteiger partial charge in [-0.1, -0.05) is 6.07 Å². The lowest BCUT2D eigenvalue weighted by Crippen LogP contribution is -2.51. The quantitative estimate of drug-likeness (QED) is 0.910. The number of nitrogens with one attached hydrogen (secondary N) is 1. The number of rotatable bonds is 3. The molecule has 134 valence electrons. The molecule has 0 saturated carbocycles. The molecule has 0 spiro atoms. The molecule has 2 rings (SSSR count). The Morgan fingerprint density at radius 1 is 1.42 bits per heavy atom. The summed E-state index contributed by atoms with van der Waals surface area (Å²) in [6.45, 7) is 5.34. The van der Waals surface area contributed by atoms with Crippen molar-refractivity contribution in [2.75, 3.05) is 31.6 Å². The maximum absolute atomic E-state index is 12.4. The number of anilines is 1. The molecule has 0 radical (unpaired) electrons. The topological polar surface area (TPSA) is 50.8 Å². The van der Waals surface area contributed by atoms with Gasteiger partial charge in [-0.2, -0.15) is 13.2 Å². The summed E-state index contributed by atoms with van der Waals surface area (Å²) >= 11 is 0. The van der Waals surface area contributed by atoms with Crippen LogP contribution in [0.1, 0.15) is 19.4 Å². The van der Waals surface area contributed by atoms with Crippen molar-refractivity contribution in [1.29, 1.82) is 0 Å². The van der Waals surface area contributed by atoms with Crippen molar-refractivity contribution in [3.8, 4) is 5.75 Å². The van der Waals surface area contributed by atoms with Gasteiger partial charge in [0.05, 0.1) is 18.8 Å². The Balaban J connectivity index is 2.05. The van der Waals surface area contributed by atoms with Gasteiger partial charge in [-0.25, -0.2) is 4.79 Å². The molecule has 1 aromatic carbocycles. The maximum atomic E-state index is 12.4. The molecule has 1 fully saturated rings. The highest BCUT2D eigenvalue weighted by Gasteiger charge is 2.31. The monoisotopic (exact) mass is 346 g/mol. The first kappa shape index (κ1) is 18.4. The molecule has 1 N–H and O–H groups in total. The number of hydrogen-bond acceptors (Lipinski definition) is 3. The van der Waals surface area contributed by atoms with Crippen molar-refractivity contribution in [2.45, 2.75) is 32.5 Å². The van der Waals surface area contributed by atoms with Crippen molar-refractivity contribution >= 4 is 11.7 Å². The number of urea groups is 1. The van der Waals surface area contributed by atoms with Crippen LogP contribution in [0.4, 0.5) is 23.7 Å². The van der Waals surface area contributed by atoms with Crippen molar-refractivity contribution < 1.29 is 27.4 Å². The lowest BCUT2D eigenvalue weighted by atomic mass is 10.1. The number of amides is 2. The number of ether oxygens (including phenoxy) is 2. The van der Waals surface area contributed by atoms with Crippen molar-refractivity contribution in [3.63, 3.8) is 0 Å². The third-order valence-electron chi connectivity index (χ3n) is 3.63. The second-order valence-electron chi connectivity index (χ2n) is 6.29. The van der Waals surface area contributed by atoms with E-state index < -0.39 is 18.4 Å². The van der Waals surface area contributed by atoms with Crippen LogP contribution in [0.3, 0.4) is 0 Å². The molecule has 1 aromatic rings. The highest BCUT2D eigenvalue weighted by Crippen LogP contribution is 2.28. The Hall–Kier alpha value is -1.96. The third-order valence-corrected chi connectivity index (χ3v) is 3.63. The van der Waals surface area contributed by atoms with Crippen LogP contribution < -0.4 is 10.1 Å². The van der Waals surface area contributed by atoms with Crippen LogP contribution in [-0.4, -0.2) is 49.0 Å². The zero-order valence-corrected chi connectivity index (χ0v) is 13.9. The smallest absolute Gasteiger partial charge is 0.422 e. The molecular formula is C16H21F3N2O3. The molecular weight excluding hydrogens is 325 g/mol. The lowest BCUT2D eigenvalue weighted by Gasteiger charge is -2.38. The maximum Gasteiger partial charge on any atom is 0.422 e. The summed E-state index contributed by atoms with van der Waals surface area (Å²) in [6, 6.07) is 4.29. The van der Waals surface area contributed by atoms with Crippen LogP contribution in [0.15, 0.2) is 18.2 Å². The number of benzene rings is 1. The first-order valence-electron chi connectivity index (χ1n) is 7.56. The van der Waals surface area contributed by atoms with Gasteiger partial charge in [0.1, 0.15) is 5.75 Å². The molecule has 1 heterocycles. The van der Waals surface area contributed by atoms with E-state index in [-0.39, 0.29) is 11.8 Å². The fourth-order valence-corrected chi connectivity index (χ4v) is 2.45. The normalized spacial score (nSPS) is 17.5. The molecule has 1 aliphatic heterocycles. The van der Waals surface area contributed by atoms with Gasteiger partial charge in [0.15, 0.2) is 6.61 Å². The largest absolute Gasteiger partial charge is 0.484 e. The van der Waals surface area contributed by atoms with E-state index in [0.717, 1.165) is 0 Å². The van der Waals surface area contributed by atoms with E-state index in [2.05, 4.69) is 5.32 Å². The van der Waals surface area contributed by atoms with Gasteiger partial charge in [0, 0.05) is 17.8 Å². The Bertz CT molecular complexity index is 603. The van der Waals surface area contributed by atoms with E-state index in [4.69, 9.17) is 9.47 Å². The minimum Gasteiger partial charge on any atom is -0.484 e. The molecule has 8 heteroatoms. The minimum atomic E-state index is -4.41. The van der Waals surface area contributed by atoms with E-state index in [1.54, 1.807) is 17.9 Å². The average Bonchev–Trinajstić information content (AvgIpc) is 2.46. The first-order valence-corrected chi connectivity index (χ1v) is 7.56. The summed E-state index contributed by atoms with van der Waals surface area (Å²) < 4.78 is 47.2. The number of carbonyl (C=O) groups is 1. The highest BCUT2D eigenvalue weighted by atomic mass is 19.4. The molecule has 0 atom stereocenters. The lowest BCUT2D eigenvalue weighted by molar-refractivity contribution is -0.153. The van der Waals surface area contributed by atoms with Gasteiger partial charge in [-0.15, -0.1) is 0 Å². The number of morpholine rings is 1. The summed E-state index contributed by atoms with van der Waals surface area (Å²) in [5.41, 5.74) is 0.439. The Kier molecular flexibility index (Phi) is 5.27. The molecule has 24 heavy (non-hydrogen) atoms. The highest BCUT2D eigenvalue weighted by molar-refractivity contribution is 5.90. The van der Waals surface area contributed by atoms with E-state index in [1.807, 2.05) is 13.8 Å². The van der Waals surface area contributed by atoms with Gasteiger partial charge < -0.3 is 19.7 Å². The molecule has 2 amide bonds.